The summed E-state index contributed by atoms with van der Waals surface area (Å²) in [6, 6.07) is 11.4. The molecule has 2 aromatic rings. The molecule has 0 spiro atoms. The van der Waals surface area contributed by atoms with E-state index in [-0.39, 0.29) is 18.5 Å². The molecule has 0 saturated carbocycles. The van der Waals surface area contributed by atoms with Gasteiger partial charge in [-0.2, -0.15) is 0 Å². The number of benzene rings is 2. The van der Waals surface area contributed by atoms with Crippen LogP contribution in [0.4, 0.5) is 5.69 Å². The lowest BCUT2D eigenvalue weighted by atomic mass is 10.1. The summed E-state index contributed by atoms with van der Waals surface area (Å²) in [5.74, 6) is -0.800. The van der Waals surface area contributed by atoms with Crippen LogP contribution < -0.4 is 9.62 Å². The number of hydrogen-bond donors (Lipinski definition) is 1. The van der Waals surface area contributed by atoms with E-state index >= 15 is 0 Å². The summed E-state index contributed by atoms with van der Waals surface area (Å²) < 4.78 is 26.3. The van der Waals surface area contributed by atoms with Crippen LogP contribution in [0.25, 0.3) is 0 Å². The Balaban J connectivity index is 2.41. The summed E-state index contributed by atoms with van der Waals surface area (Å²) in [6.45, 7) is 8.74. The number of sulfonamides is 1. The Labute approximate surface area is 201 Å². The van der Waals surface area contributed by atoms with E-state index in [2.05, 4.69) is 5.32 Å². The first kappa shape index (κ1) is 26.7. The molecule has 0 saturated heterocycles. The molecule has 2 rings (SSSR count). The quantitative estimate of drug-likeness (QED) is 0.577. The van der Waals surface area contributed by atoms with Crippen molar-refractivity contribution >= 4 is 39.1 Å². The van der Waals surface area contributed by atoms with Gasteiger partial charge < -0.3 is 10.2 Å². The van der Waals surface area contributed by atoms with Crippen LogP contribution in [-0.4, -0.2) is 50.0 Å². The lowest BCUT2D eigenvalue weighted by molar-refractivity contribution is -0.139. The molecular weight excluding hydrogens is 462 g/mol. The third-order valence-corrected chi connectivity index (χ3v) is 6.43. The van der Waals surface area contributed by atoms with Crippen molar-refractivity contribution in [2.45, 2.75) is 53.2 Å². The Bertz CT molecular complexity index is 1080. The van der Waals surface area contributed by atoms with Crippen molar-refractivity contribution in [1.82, 2.24) is 10.2 Å². The standard InChI is InChI=1S/C24H32ClN3O4S/c1-16(2)26-24(30)19(5)27(14-20-7-9-21(25)10-8-20)23(29)15-28(33(6,31)32)22-12-17(3)11-18(4)13-22/h7-13,16,19H,14-15H2,1-6H3,(H,26,30). The highest BCUT2D eigenvalue weighted by Crippen LogP contribution is 2.22. The molecule has 9 heteroatoms. The van der Waals surface area contributed by atoms with Gasteiger partial charge in [0.25, 0.3) is 0 Å². The van der Waals surface area contributed by atoms with Gasteiger partial charge in [-0.1, -0.05) is 29.8 Å². The van der Waals surface area contributed by atoms with Crippen molar-refractivity contribution in [3.8, 4) is 0 Å². The Hall–Kier alpha value is -2.58. The van der Waals surface area contributed by atoms with Gasteiger partial charge >= 0.3 is 0 Å². The molecular formula is C24H32ClN3O4S. The fourth-order valence-electron chi connectivity index (χ4n) is 3.48. The zero-order valence-electron chi connectivity index (χ0n) is 19.9. The first-order valence-corrected chi connectivity index (χ1v) is 12.9. The highest BCUT2D eigenvalue weighted by molar-refractivity contribution is 7.92. The molecule has 0 heterocycles. The molecule has 7 nitrogen and oxygen atoms in total. The summed E-state index contributed by atoms with van der Waals surface area (Å²) in [4.78, 5) is 27.6. The van der Waals surface area contributed by atoms with Gasteiger partial charge in [0.05, 0.1) is 11.9 Å². The van der Waals surface area contributed by atoms with Crippen molar-refractivity contribution in [1.29, 1.82) is 0 Å². The van der Waals surface area contributed by atoms with Gasteiger partial charge in [0, 0.05) is 17.6 Å². The summed E-state index contributed by atoms with van der Waals surface area (Å²) in [5, 5.41) is 3.37. The smallest absolute Gasteiger partial charge is 0.244 e. The van der Waals surface area contributed by atoms with Gasteiger partial charge in [0.2, 0.25) is 21.8 Å². The molecule has 0 aromatic heterocycles. The van der Waals surface area contributed by atoms with Crippen LogP contribution in [0.1, 0.15) is 37.5 Å². The average molecular weight is 494 g/mol. The zero-order chi connectivity index (χ0) is 24.9. The minimum absolute atomic E-state index is 0.102. The van der Waals surface area contributed by atoms with Crippen LogP contribution in [0, 0.1) is 13.8 Å². The summed E-state index contributed by atoms with van der Waals surface area (Å²) in [6.07, 6.45) is 1.07. The molecule has 1 unspecified atom stereocenters. The molecule has 0 fully saturated rings. The first-order chi connectivity index (χ1) is 15.3. The number of aryl methyl sites for hydroxylation is 2. The molecule has 2 aromatic carbocycles. The van der Waals surface area contributed by atoms with Gasteiger partial charge in [0.1, 0.15) is 12.6 Å². The van der Waals surface area contributed by atoms with E-state index in [1.807, 2.05) is 33.8 Å². The molecule has 0 aliphatic rings. The molecule has 0 bridgehead atoms. The van der Waals surface area contributed by atoms with Crippen molar-refractivity contribution in [3.63, 3.8) is 0 Å². The molecule has 1 N–H and O–H groups in total. The topological polar surface area (TPSA) is 86.8 Å². The predicted molar refractivity (Wildman–Crippen MR) is 133 cm³/mol. The molecule has 2 amide bonds. The van der Waals surface area contributed by atoms with Crippen molar-refractivity contribution < 1.29 is 18.0 Å². The zero-order valence-corrected chi connectivity index (χ0v) is 21.5. The summed E-state index contributed by atoms with van der Waals surface area (Å²) >= 11 is 5.98. The van der Waals surface area contributed by atoms with Crippen molar-refractivity contribution in [3.05, 3.63) is 64.2 Å². The van der Waals surface area contributed by atoms with Gasteiger partial charge in [-0.15, -0.1) is 0 Å². The van der Waals surface area contributed by atoms with Gasteiger partial charge in [-0.25, -0.2) is 8.42 Å². The van der Waals surface area contributed by atoms with Crippen LogP contribution in [0.3, 0.4) is 0 Å². The van der Waals surface area contributed by atoms with Crippen molar-refractivity contribution in [2.75, 3.05) is 17.1 Å². The monoisotopic (exact) mass is 493 g/mol. The number of anilines is 1. The highest BCUT2D eigenvalue weighted by atomic mass is 35.5. The lowest BCUT2D eigenvalue weighted by Crippen LogP contribution is -2.52. The van der Waals surface area contributed by atoms with Crippen LogP contribution in [0.5, 0.6) is 0 Å². The minimum atomic E-state index is -3.76. The van der Waals surface area contributed by atoms with Crippen LogP contribution in [0.15, 0.2) is 42.5 Å². The highest BCUT2D eigenvalue weighted by Gasteiger charge is 2.30. The number of halogens is 1. The molecule has 0 radical (unpaired) electrons. The molecule has 180 valence electrons. The van der Waals surface area contributed by atoms with E-state index in [0.717, 1.165) is 27.3 Å². The number of hydrogen-bond acceptors (Lipinski definition) is 4. The third kappa shape index (κ3) is 7.75. The van der Waals surface area contributed by atoms with Crippen molar-refractivity contribution in [2.24, 2.45) is 0 Å². The first-order valence-electron chi connectivity index (χ1n) is 10.7. The van der Waals surface area contributed by atoms with Gasteiger partial charge in [-0.3, -0.25) is 13.9 Å². The van der Waals surface area contributed by atoms with E-state index in [1.54, 1.807) is 43.3 Å². The minimum Gasteiger partial charge on any atom is -0.352 e. The maximum absolute atomic E-state index is 13.5. The summed E-state index contributed by atoms with van der Waals surface area (Å²) in [5.41, 5.74) is 2.95. The number of amides is 2. The Morgan fingerprint density at radius 1 is 1.00 bits per heavy atom. The Kier molecular flexibility index (Phi) is 8.91. The number of carbonyl (C=O) groups excluding carboxylic acids is 2. The molecule has 0 aliphatic heterocycles. The third-order valence-electron chi connectivity index (χ3n) is 5.04. The molecule has 33 heavy (non-hydrogen) atoms. The van der Waals surface area contributed by atoms with Crippen LogP contribution in [-0.2, 0) is 26.2 Å². The number of nitrogens with zero attached hydrogens (tertiary/aromatic N) is 2. The van der Waals surface area contributed by atoms with E-state index in [1.165, 1.54) is 4.90 Å². The fourth-order valence-corrected chi connectivity index (χ4v) is 4.44. The SMILES string of the molecule is Cc1cc(C)cc(N(CC(=O)N(Cc2ccc(Cl)cc2)C(C)C(=O)NC(C)C)S(C)(=O)=O)c1. The lowest BCUT2D eigenvalue weighted by Gasteiger charge is -2.32. The second-order valence-corrected chi connectivity index (χ2v) is 10.9. The Morgan fingerprint density at radius 2 is 1.55 bits per heavy atom. The predicted octanol–water partition coefficient (Wildman–Crippen LogP) is 3.66. The van der Waals surface area contributed by atoms with E-state index in [4.69, 9.17) is 11.6 Å². The van der Waals surface area contributed by atoms with Gasteiger partial charge in [-0.05, 0) is 75.6 Å². The maximum atomic E-state index is 13.5. The average Bonchev–Trinajstić information content (AvgIpc) is 2.68. The molecule has 0 aliphatic carbocycles. The number of carbonyl (C=O) groups is 2. The second kappa shape index (κ2) is 11.0. The second-order valence-electron chi connectivity index (χ2n) is 8.60. The van der Waals surface area contributed by atoms with E-state index < -0.39 is 28.5 Å². The Morgan fingerprint density at radius 3 is 2.03 bits per heavy atom. The molecule has 1 atom stereocenters. The number of nitrogens with one attached hydrogen (secondary N) is 1. The summed E-state index contributed by atoms with van der Waals surface area (Å²) in [7, 11) is -3.76. The normalized spacial score (nSPS) is 12.4. The fraction of sp³-hybridized carbons (Fsp3) is 0.417. The van der Waals surface area contributed by atoms with E-state index in [9.17, 15) is 18.0 Å². The van der Waals surface area contributed by atoms with Crippen LogP contribution >= 0.6 is 11.6 Å². The maximum Gasteiger partial charge on any atom is 0.244 e. The van der Waals surface area contributed by atoms with Gasteiger partial charge in [0.15, 0.2) is 0 Å². The van der Waals surface area contributed by atoms with E-state index in [0.29, 0.717) is 10.7 Å². The number of rotatable bonds is 9. The largest absolute Gasteiger partial charge is 0.352 e. The van der Waals surface area contributed by atoms with Crippen LogP contribution in [0.2, 0.25) is 5.02 Å².